The van der Waals surface area contributed by atoms with E-state index in [2.05, 4.69) is 10.9 Å². The first-order valence-electron chi connectivity index (χ1n) is 7.49. The molecule has 2 atom stereocenters. The van der Waals surface area contributed by atoms with E-state index < -0.39 is 40.7 Å². The zero-order chi connectivity index (χ0) is 18.1. The lowest BCUT2D eigenvalue weighted by atomic mass is 9.67. The van der Waals surface area contributed by atoms with Crippen LogP contribution < -0.4 is 10.9 Å². The Hall–Kier alpha value is -1.83. The first kappa shape index (κ1) is 19.2. The number of carbonyl (C=O) groups is 3. The van der Waals surface area contributed by atoms with Crippen LogP contribution in [0.25, 0.3) is 0 Å². The molecule has 1 fully saturated rings. The van der Waals surface area contributed by atoms with Crippen LogP contribution >= 0.6 is 0 Å². The predicted molar refractivity (Wildman–Crippen MR) is 81.4 cm³/mol. The number of hydrogen-bond acceptors (Lipinski definition) is 6. The van der Waals surface area contributed by atoms with Crippen LogP contribution in [0.4, 0.5) is 4.79 Å². The highest BCUT2D eigenvalue weighted by Gasteiger charge is 2.58. The number of ether oxygens (including phenoxy) is 2. The van der Waals surface area contributed by atoms with Gasteiger partial charge in [-0.2, -0.15) is 0 Å². The van der Waals surface area contributed by atoms with Gasteiger partial charge in [-0.1, -0.05) is 0 Å². The van der Waals surface area contributed by atoms with Crippen LogP contribution in [0.2, 0.25) is 0 Å². The average molecular weight is 330 g/mol. The van der Waals surface area contributed by atoms with Crippen LogP contribution in [0, 0.1) is 5.92 Å². The highest BCUT2D eigenvalue weighted by molar-refractivity contribution is 5.90. The minimum absolute atomic E-state index is 0.196. The van der Waals surface area contributed by atoms with E-state index in [4.69, 9.17) is 9.47 Å². The topological polar surface area (TPSA) is 114 Å². The summed E-state index contributed by atoms with van der Waals surface area (Å²) in [6.07, 6.45) is -0.250. The number of carbonyl (C=O) groups excluding carboxylic acids is 2. The maximum atomic E-state index is 12.2. The molecule has 0 radical (unpaired) electrons. The standard InChI is InChI=1S/C15H26N2O6/c1-13(2,3)22-10(18)9-7-8-15(9,11(19)20)17-16-12(21)23-14(4,5)6/h9,17H,7-8H2,1-6H3,(H,16,21)(H,19,20). The third kappa shape index (κ3) is 5.09. The monoisotopic (exact) mass is 330 g/mol. The minimum atomic E-state index is -1.58. The van der Waals surface area contributed by atoms with E-state index in [1.54, 1.807) is 41.5 Å². The summed E-state index contributed by atoms with van der Waals surface area (Å²) in [5.74, 6) is -2.71. The highest BCUT2D eigenvalue weighted by atomic mass is 16.6. The van der Waals surface area contributed by atoms with Crippen molar-refractivity contribution < 1.29 is 29.0 Å². The van der Waals surface area contributed by atoms with Gasteiger partial charge in [-0.15, -0.1) is 0 Å². The molecule has 1 aliphatic rings. The number of rotatable bonds is 4. The lowest BCUT2D eigenvalue weighted by Crippen LogP contribution is -2.70. The number of carboxylic acids is 1. The van der Waals surface area contributed by atoms with Crippen molar-refractivity contribution >= 4 is 18.0 Å². The molecule has 1 saturated carbocycles. The molecule has 0 aromatic rings. The molecule has 132 valence electrons. The van der Waals surface area contributed by atoms with E-state index in [0.29, 0.717) is 6.42 Å². The molecule has 1 amide bonds. The van der Waals surface area contributed by atoms with Crippen molar-refractivity contribution in [2.24, 2.45) is 5.92 Å². The Kier molecular flexibility index (Phi) is 5.30. The third-order valence-corrected chi connectivity index (χ3v) is 3.28. The van der Waals surface area contributed by atoms with Gasteiger partial charge in [-0.05, 0) is 54.4 Å². The Labute approximate surface area is 135 Å². The zero-order valence-corrected chi connectivity index (χ0v) is 14.5. The minimum Gasteiger partial charge on any atom is -0.480 e. The van der Waals surface area contributed by atoms with E-state index in [1.165, 1.54) is 0 Å². The van der Waals surface area contributed by atoms with Crippen LogP contribution in [0.15, 0.2) is 0 Å². The Morgan fingerprint density at radius 1 is 1.04 bits per heavy atom. The van der Waals surface area contributed by atoms with Gasteiger partial charge in [0.05, 0.1) is 5.92 Å². The number of hydrazine groups is 1. The van der Waals surface area contributed by atoms with Gasteiger partial charge in [-0.25, -0.2) is 10.2 Å². The summed E-state index contributed by atoms with van der Waals surface area (Å²) in [5.41, 5.74) is 1.64. The van der Waals surface area contributed by atoms with E-state index in [1.807, 2.05) is 0 Å². The number of hydrogen-bond donors (Lipinski definition) is 3. The molecule has 0 saturated heterocycles. The highest BCUT2D eigenvalue weighted by Crippen LogP contribution is 2.40. The molecule has 2 unspecified atom stereocenters. The second-order valence-corrected chi connectivity index (χ2v) is 7.65. The molecule has 0 aromatic heterocycles. The molecular weight excluding hydrogens is 304 g/mol. The fraction of sp³-hybridized carbons (Fsp3) is 0.800. The van der Waals surface area contributed by atoms with E-state index in [9.17, 15) is 19.5 Å². The third-order valence-electron chi connectivity index (χ3n) is 3.28. The molecular formula is C15H26N2O6. The molecule has 23 heavy (non-hydrogen) atoms. The van der Waals surface area contributed by atoms with Crippen molar-refractivity contribution in [1.82, 2.24) is 10.9 Å². The molecule has 8 heteroatoms. The van der Waals surface area contributed by atoms with Crippen molar-refractivity contribution in [3.05, 3.63) is 0 Å². The van der Waals surface area contributed by atoms with E-state index in [0.717, 1.165) is 0 Å². The summed E-state index contributed by atoms with van der Waals surface area (Å²) in [5, 5.41) is 9.48. The normalized spacial score (nSPS) is 24.3. The van der Waals surface area contributed by atoms with Gasteiger partial charge in [0.1, 0.15) is 16.7 Å². The molecule has 8 nitrogen and oxygen atoms in total. The predicted octanol–water partition coefficient (Wildman–Crippen LogP) is 1.59. The molecule has 1 rings (SSSR count). The first-order valence-corrected chi connectivity index (χ1v) is 7.49. The molecule has 0 bridgehead atoms. The Balaban J connectivity index is 2.75. The second kappa shape index (κ2) is 6.35. The summed E-state index contributed by atoms with van der Waals surface area (Å²) in [6, 6.07) is 0. The fourth-order valence-corrected chi connectivity index (χ4v) is 2.19. The Morgan fingerprint density at radius 2 is 1.57 bits per heavy atom. The van der Waals surface area contributed by atoms with Gasteiger partial charge in [0.15, 0.2) is 0 Å². The summed E-state index contributed by atoms with van der Waals surface area (Å²) in [7, 11) is 0. The Bertz CT molecular complexity index is 491. The molecule has 1 aliphatic carbocycles. The number of nitrogens with one attached hydrogen (secondary N) is 2. The van der Waals surface area contributed by atoms with Gasteiger partial charge in [0, 0.05) is 0 Å². The molecule has 3 N–H and O–H groups in total. The molecule has 0 spiro atoms. The second-order valence-electron chi connectivity index (χ2n) is 7.65. The Morgan fingerprint density at radius 3 is 1.91 bits per heavy atom. The van der Waals surface area contributed by atoms with Crippen molar-refractivity contribution in [3.63, 3.8) is 0 Å². The summed E-state index contributed by atoms with van der Waals surface area (Å²) in [4.78, 5) is 35.5. The number of amides is 1. The number of aliphatic carboxylic acids is 1. The van der Waals surface area contributed by atoms with Crippen molar-refractivity contribution in [2.45, 2.75) is 71.1 Å². The van der Waals surface area contributed by atoms with Gasteiger partial charge in [0.25, 0.3) is 0 Å². The SMILES string of the molecule is CC(C)(C)OC(=O)NNC1(C(=O)O)CCC1C(=O)OC(C)(C)C. The lowest BCUT2D eigenvalue weighted by Gasteiger charge is -2.45. The van der Waals surface area contributed by atoms with Gasteiger partial charge >= 0.3 is 18.0 Å². The van der Waals surface area contributed by atoms with Gasteiger partial charge in [0.2, 0.25) is 0 Å². The maximum Gasteiger partial charge on any atom is 0.422 e. The molecule has 0 aromatic carbocycles. The lowest BCUT2D eigenvalue weighted by molar-refractivity contribution is -0.177. The summed E-state index contributed by atoms with van der Waals surface area (Å²) >= 11 is 0. The molecule has 0 heterocycles. The van der Waals surface area contributed by atoms with Crippen LogP contribution in [0.5, 0.6) is 0 Å². The van der Waals surface area contributed by atoms with E-state index in [-0.39, 0.29) is 6.42 Å². The zero-order valence-electron chi connectivity index (χ0n) is 14.5. The number of esters is 1. The van der Waals surface area contributed by atoms with Crippen LogP contribution in [0.3, 0.4) is 0 Å². The summed E-state index contributed by atoms with van der Waals surface area (Å²) < 4.78 is 10.3. The van der Waals surface area contributed by atoms with Gasteiger partial charge in [-0.3, -0.25) is 15.0 Å². The van der Waals surface area contributed by atoms with Crippen molar-refractivity contribution in [1.29, 1.82) is 0 Å². The summed E-state index contributed by atoms with van der Waals surface area (Å²) in [6.45, 7) is 10.2. The largest absolute Gasteiger partial charge is 0.480 e. The maximum absolute atomic E-state index is 12.2. The van der Waals surface area contributed by atoms with E-state index >= 15 is 0 Å². The average Bonchev–Trinajstić information content (AvgIpc) is 2.21. The number of carboxylic acid groups (broad SMARTS) is 1. The fourth-order valence-electron chi connectivity index (χ4n) is 2.19. The van der Waals surface area contributed by atoms with Gasteiger partial charge < -0.3 is 14.6 Å². The van der Waals surface area contributed by atoms with Crippen LogP contribution in [-0.4, -0.2) is 39.9 Å². The quantitative estimate of drug-likeness (QED) is 0.530. The van der Waals surface area contributed by atoms with Crippen molar-refractivity contribution in [2.75, 3.05) is 0 Å². The molecule has 0 aliphatic heterocycles. The van der Waals surface area contributed by atoms with Crippen LogP contribution in [0.1, 0.15) is 54.4 Å². The van der Waals surface area contributed by atoms with Crippen molar-refractivity contribution in [3.8, 4) is 0 Å². The van der Waals surface area contributed by atoms with Crippen LogP contribution in [-0.2, 0) is 19.1 Å². The smallest absolute Gasteiger partial charge is 0.422 e. The first-order chi connectivity index (χ1) is 10.3.